The molecule has 3 aromatic rings. The van der Waals surface area contributed by atoms with Crippen LogP contribution in [0.5, 0.6) is 11.5 Å². The van der Waals surface area contributed by atoms with E-state index in [2.05, 4.69) is 20.7 Å². The first-order chi connectivity index (χ1) is 15.4. The van der Waals surface area contributed by atoms with E-state index in [0.29, 0.717) is 18.0 Å². The Labute approximate surface area is 189 Å². The molecule has 0 radical (unpaired) electrons. The van der Waals surface area contributed by atoms with Gasteiger partial charge in [-0.15, -0.1) is 0 Å². The van der Waals surface area contributed by atoms with Gasteiger partial charge in [-0.1, -0.05) is 12.1 Å². The smallest absolute Gasteiger partial charge is 0.229 e. The summed E-state index contributed by atoms with van der Waals surface area (Å²) in [5, 5.41) is 1.04. The molecule has 0 atom stereocenters. The number of anilines is 1. The van der Waals surface area contributed by atoms with E-state index >= 15 is 0 Å². The number of benzene rings is 2. The summed E-state index contributed by atoms with van der Waals surface area (Å²) in [6.07, 6.45) is 3.09. The molecule has 1 N–H and O–H groups in total. The van der Waals surface area contributed by atoms with Crippen LogP contribution in [0.25, 0.3) is 10.9 Å². The van der Waals surface area contributed by atoms with E-state index in [4.69, 9.17) is 9.47 Å². The van der Waals surface area contributed by atoms with Crippen LogP contribution in [0.2, 0.25) is 0 Å². The summed E-state index contributed by atoms with van der Waals surface area (Å²) >= 11 is 0. The van der Waals surface area contributed by atoms with E-state index in [0.717, 1.165) is 61.1 Å². The third-order valence-electron chi connectivity index (χ3n) is 5.47. The van der Waals surface area contributed by atoms with Gasteiger partial charge < -0.3 is 9.47 Å². The number of aryl methyl sites for hydroxylation is 1. The Kier molecular flexibility index (Phi) is 6.81. The van der Waals surface area contributed by atoms with E-state index in [9.17, 15) is 8.42 Å². The number of aromatic nitrogens is 1. The lowest BCUT2D eigenvalue weighted by atomic mass is 10.1. The first-order valence-electron chi connectivity index (χ1n) is 10.8. The fourth-order valence-corrected chi connectivity index (χ4v) is 4.48. The topological polar surface area (TPSA) is 80.8 Å². The van der Waals surface area contributed by atoms with Crippen molar-refractivity contribution in [2.45, 2.75) is 25.9 Å². The normalized spacial score (nSPS) is 15.6. The summed E-state index contributed by atoms with van der Waals surface area (Å²) in [7, 11) is -3.31. The number of hydrogen-bond acceptors (Lipinski definition) is 6. The summed E-state index contributed by atoms with van der Waals surface area (Å²) < 4.78 is 37.5. The van der Waals surface area contributed by atoms with Gasteiger partial charge in [0.25, 0.3) is 0 Å². The van der Waals surface area contributed by atoms with Gasteiger partial charge in [0, 0.05) is 36.8 Å². The Morgan fingerprint density at radius 2 is 1.88 bits per heavy atom. The Morgan fingerprint density at radius 3 is 2.66 bits per heavy atom. The highest BCUT2D eigenvalue weighted by Gasteiger charge is 2.20. The van der Waals surface area contributed by atoms with Crippen LogP contribution in [0.4, 0.5) is 5.69 Å². The van der Waals surface area contributed by atoms with Crippen LogP contribution in [0, 0.1) is 6.92 Å². The predicted molar refractivity (Wildman–Crippen MR) is 127 cm³/mol. The minimum atomic E-state index is -3.31. The summed E-state index contributed by atoms with van der Waals surface area (Å²) in [6, 6.07) is 17.1. The van der Waals surface area contributed by atoms with Gasteiger partial charge in [-0.2, -0.15) is 0 Å². The third kappa shape index (κ3) is 6.11. The van der Waals surface area contributed by atoms with Gasteiger partial charge in [0.05, 0.1) is 17.5 Å². The average Bonchev–Trinajstić information content (AvgIpc) is 2.74. The molecule has 32 heavy (non-hydrogen) atoms. The number of nitrogens with one attached hydrogen (secondary N) is 1. The van der Waals surface area contributed by atoms with Crippen molar-refractivity contribution in [3.05, 3.63) is 60.3 Å². The summed E-state index contributed by atoms with van der Waals surface area (Å²) in [5.74, 6) is 1.55. The maximum absolute atomic E-state index is 11.4. The molecule has 0 unspecified atom stereocenters. The van der Waals surface area contributed by atoms with Crippen molar-refractivity contribution >= 4 is 26.6 Å². The molecule has 0 saturated carbocycles. The molecule has 0 spiro atoms. The molecule has 7 nitrogen and oxygen atoms in total. The number of rotatable bonds is 8. The number of sulfonamides is 1. The van der Waals surface area contributed by atoms with Crippen LogP contribution in [0.3, 0.4) is 0 Å². The summed E-state index contributed by atoms with van der Waals surface area (Å²) in [4.78, 5) is 6.95. The standard InChI is InChI=1S/C24H29N3O4S/c1-18-9-10-22-23(25-18)7-4-8-24(22)30-16-15-27-13-11-20(12-14-27)31-21-6-3-5-19(17-21)26-32(2,28)29/h3-10,17,20,26H,11-16H2,1-2H3. The SMILES string of the molecule is Cc1ccc2c(OCCN3CCC(Oc4cccc(NS(C)(=O)=O)c4)CC3)cccc2n1. The molecule has 0 amide bonds. The van der Waals surface area contributed by atoms with Crippen LogP contribution in [0.1, 0.15) is 18.5 Å². The molecule has 2 aromatic carbocycles. The molecule has 1 fully saturated rings. The first-order valence-corrected chi connectivity index (χ1v) is 12.7. The molecule has 8 heteroatoms. The Balaban J connectivity index is 1.24. The maximum atomic E-state index is 11.4. The largest absolute Gasteiger partial charge is 0.492 e. The second kappa shape index (κ2) is 9.75. The van der Waals surface area contributed by atoms with Gasteiger partial charge in [-0.3, -0.25) is 14.6 Å². The Morgan fingerprint density at radius 1 is 1.09 bits per heavy atom. The minimum Gasteiger partial charge on any atom is -0.492 e. The lowest BCUT2D eigenvalue weighted by molar-refractivity contribution is 0.0917. The van der Waals surface area contributed by atoms with Gasteiger partial charge in [0.1, 0.15) is 24.2 Å². The highest BCUT2D eigenvalue weighted by atomic mass is 32.2. The molecular formula is C24H29N3O4S. The molecular weight excluding hydrogens is 426 g/mol. The maximum Gasteiger partial charge on any atom is 0.229 e. The Bertz CT molecular complexity index is 1170. The number of nitrogens with zero attached hydrogens (tertiary/aromatic N) is 2. The molecule has 1 aromatic heterocycles. The van der Waals surface area contributed by atoms with Crippen molar-refractivity contribution in [1.29, 1.82) is 0 Å². The second-order valence-corrected chi connectivity index (χ2v) is 9.93. The lowest BCUT2D eigenvalue weighted by Crippen LogP contribution is -2.40. The molecule has 0 bridgehead atoms. The van der Waals surface area contributed by atoms with Crippen LogP contribution in [-0.4, -0.2) is 56.9 Å². The number of ether oxygens (including phenoxy) is 2. The van der Waals surface area contributed by atoms with Gasteiger partial charge in [0.2, 0.25) is 10.0 Å². The summed E-state index contributed by atoms with van der Waals surface area (Å²) in [5.41, 5.74) is 2.47. The lowest BCUT2D eigenvalue weighted by Gasteiger charge is -2.32. The van der Waals surface area contributed by atoms with Crippen molar-refractivity contribution < 1.29 is 17.9 Å². The molecule has 1 aliphatic rings. The molecule has 170 valence electrons. The van der Waals surface area contributed by atoms with Crippen LogP contribution in [0.15, 0.2) is 54.6 Å². The van der Waals surface area contributed by atoms with Crippen LogP contribution >= 0.6 is 0 Å². The van der Waals surface area contributed by atoms with E-state index < -0.39 is 10.0 Å². The number of piperidine rings is 1. The first kappa shape index (κ1) is 22.4. The third-order valence-corrected chi connectivity index (χ3v) is 6.08. The van der Waals surface area contributed by atoms with Gasteiger partial charge in [-0.05, 0) is 56.2 Å². The van der Waals surface area contributed by atoms with E-state index in [-0.39, 0.29) is 6.10 Å². The molecule has 2 heterocycles. The zero-order valence-electron chi connectivity index (χ0n) is 18.5. The molecule has 4 rings (SSSR count). The number of likely N-dealkylation sites (tertiary alicyclic amines) is 1. The fraction of sp³-hybridized carbons (Fsp3) is 0.375. The second-order valence-electron chi connectivity index (χ2n) is 8.18. The van der Waals surface area contributed by atoms with E-state index in [1.54, 1.807) is 18.2 Å². The van der Waals surface area contributed by atoms with Crippen molar-refractivity contribution in [3.8, 4) is 11.5 Å². The van der Waals surface area contributed by atoms with Gasteiger partial charge in [0.15, 0.2) is 0 Å². The van der Waals surface area contributed by atoms with Crippen molar-refractivity contribution in [2.24, 2.45) is 0 Å². The highest BCUT2D eigenvalue weighted by Crippen LogP contribution is 2.25. The zero-order chi connectivity index (χ0) is 22.6. The minimum absolute atomic E-state index is 0.119. The fourth-order valence-electron chi connectivity index (χ4n) is 3.93. The number of hydrogen-bond donors (Lipinski definition) is 1. The monoisotopic (exact) mass is 455 g/mol. The molecule has 1 aliphatic heterocycles. The van der Waals surface area contributed by atoms with Crippen molar-refractivity contribution in [1.82, 2.24) is 9.88 Å². The van der Waals surface area contributed by atoms with Crippen LogP contribution < -0.4 is 14.2 Å². The van der Waals surface area contributed by atoms with E-state index in [1.807, 2.05) is 37.3 Å². The number of pyridine rings is 1. The highest BCUT2D eigenvalue weighted by molar-refractivity contribution is 7.92. The Hall–Kier alpha value is -2.84. The zero-order valence-corrected chi connectivity index (χ0v) is 19.3. The molecule has 1 saturated heterocycles. The van der Waals surface area contributed by atoms with Crippen molar-refractivity contribution in [3.63, 3.8) is 0 Å². The van der Waals surface area contributed by atoms with Crippen molar-refractivity contribution in [2.75, 3.05) is 37.2 Å². The summed E-state index contributed by atoms with van der Waals surface area (Å²) in [6.45, 7) is 5.34. The van der Waals surface area contributed by atoms with Gasteiger partial charge >= 0.3 is 0 Å². The van der Waals surface area contributed by atoms with Gasteiger partial charge in [-0.25, -0.2) is 8.42 Å². The average molecular weight is 456 g/mol. The number of fused-ring (bicyclic) bond motifs is 1. The van der Waals surface area contributed by atoms with Crippen LogP contribution in [-0.2, 0) is 10.0 Å². The quantitative estimate of drug-likeness (QED) is 0.556. The predicted octanol–water partition coefficient (Wildman–Crippen LogP) is 3.84. The molecule has 0 aliphatic carbocycles. The van der Waals surface area contributed by atoms with E-state index in [1.165, 1.54) is 0 Å².